The van der Waals surface area contributed by atoms with E-state index < -0.39 is 53.4 Å². The van der Waals surface area contributed by atoms with Gasteiger partial charge in [0.1, 0.15) is 23.3 Å². The van der Waals surface area contributed by atoms with E-state index in [0.717, 1.165) is 11.3 Å². The molecule has 2 amide bonds. The average Bonchev–Trinajstić information content (AvgIpc) is 3.77. The van der Waals surface area contributed by atoms with Crippen molar-refractivity contribution < 1.29 is 66.3 Å². The number of ketones is 1. The molecule has 1 aliphatic rings. The third kappa shape index (κ3) is 11.3. The van der Waals surface area contributed by atoms with Crippen LogP contribution in [0.4, 0.5) is 13.6 Å². The van der Waals surface area contributed by atoms with E-state index in [-0.39, 0.29) is 109 Å². The molecule has 0 radical (unpaired) electrons. The number of Topliss-reactive ketones (excluding diaryl/α,β-unsaturated/α-hetero) is 1. The number of aliphatic hydroxyl groups excluding tert-OH is 1. The van der Waals surface area contributed by atoms with Gasteiger partial charge >= 0.3 is 18.0 Å². The van der Waals surface area contributed by atoms with Crippen LogP contribution in [-0.4, -0.2) is 85.4 Å². The number of fused-ring (bicyclic) bond motifs is 2. The summed E-state index contributed by atoms with van der Waals surface area (Å²) in [5.41, 5.74) is -0.190. The molecule has 1 aliphatic heterocycles. The van der Waals surface area contributed by atoms with Gasteiger partial charge < -0.3 is 43.7 Å². The summed E-state index contributed by atoms with van der Waals surface area (Å²) < 4.78 is 64.0. The van der Waals surface area contributed by atoms with Crippen molar-refractivity contribution in [2.75, 3.05) is 34.0 Å². The molecule has 0 aliphatic carbocycles. The number of aliphatic hydroxyl groups is 1. The highest BCUT2D eigenvalue weighted by atomic mass is 32.1. The molecule has 1 unspecified atom stereocenters. The second kappa shape index (κ2) is 19.2. The Hall–Kier alpha value is -5.03. The van der Waals surface area contributed by atoms with Gasteiger partial charge in [0.25, 0.3) is 0 Å². The molecule has 4 rings (SSSR count). The third-order valence-corrected chi connectivity index (χ3v) is 9.68. The zero-order valence-electron chi connectivity index (χ0n) is 32.5. The number of hydrogen-bond donors (Lipinski definition) is 2. The minimum Gasteiger partial charge on any atom is -0.496 e. The molecule has 14 nitrogen and oxygen atoms in total. The number of ether oxygens (including phenoxy) is 6. The maximum atomic E-state index is 16.0. The number of amides is 2. The molecule has 17 heteroatoms. The van der Waals surface area contributed by atoms with Gasteiger partial charge in [0.15, 0.2) is 23.1 Å². The quantitative estimate of drug-likeness (QED) is 0.0835. The number of benzene rings is 2. The zero-order valence-corrected chi connectivity index (χ0v) is 33.3. The monoisotopic (exact) mass is 806 g/mol. The molecular formula is C39H48F2N2O12S. The van der Waals surface area contributed by atoms with Gasteiger partial charge in [-0.05, 0) is 52.3 Å². The van der Waals surface area contributed by atoms with Crippen LogP contribution in [0.15, 0.2) is 18.2 Å². The van der Waals surface area contributed by atoms with Crippen molar-refractivity contribution in [2.45, 2.75) is 97.6 Å². The Labute approximate surface area is 327 Å². The van der Waals surface area contributed by atoms with Gasteiger partial charge in [0.05, 0.1) is 63.4 Å². The molecule has 2 heterocycles. The summed E-state index contributed by atoms with van der Waals surface area (Å²) in [4.78, 5) is 63.3. The SMILES string of the molecule is CCOC(=O)CCC(=O)c1cc2c(F)c(OCCC(O)c3c(OC)cc4c(c3F)CN(C(=O)CCC(=O)O[C@@H](C)CNC(=O)OC(C)(C)C)C4)c(OC)cc2s1. The van der Waals surface area contributed by atoms with E-state index in [1.54, 1.807) is 34.6 Å². The van der Waals surface area contributed by atoms with Crippen LogP contribution in [0.1, 0.15) is 99.2 Å². The number of rotatable bonds is 18. The van der Waals surface area contributed by atoms with E-state index in [1.165, 1.54) is 37.3 Å². The molecule has 2 atom stereocenters. The Kier molecular flexibility index (Phi) is 15.0. The van der Waals surface area contributed by atoms with Crippen molar-refractivity contribution in [2.24, 2.45) is 0 Å². The van der Waals surface area contributed by atoms with Crippen molar-refractivity contribution in [3.05, 3.63) is 51.4 Å². The van der Waals surface area contributed by atoms with Crippen LogP contribution in [0.3, 0.4) is 0 Å². The zero-order chi connectivity index (χ0) is 41.3. The van der Waals surface area contributed by atoms with Crippen LogP contribution in [0.5, 0.6) is 17.2 Å². The van der Waals surface area contributed by atoms with E-state index in [1.807, 2.05) is 0 Å². The standard InChI is InChI=1S/C39H48F2N2O12S/c1-8-52-32(47)11-9-25(44)30-16-23-29(56-30)17-28(51-7)37(36(23)41)53-14-13-26(45)34-27(50-6)15-22-19-43(20-24(22)35(34)40)31(46)10-12-33(48)54-21(2)18-42-38(49)55-39(3,4)5/h15-17,21,26,45H,8-14,18-20H2,1-7H3,(H,42,49)/t21-,26?/m0/s1. The van der Waals surface area contributed by atoms with Crippen molar-refractivity contribution in [3.8, 4) is 17.2 Å². The molecule has 56 heavy (non-hydrogen) atoms. The minimum atomic E-state index is -1.45. The van der Waals surface area contributed by atoms with Crippen LogP contribution in [0.2, 0.25) is 0 Å². The lowest BCUT2D eigenvalue weighted by Crippen LogP contribution is -2.37. The molecule has 0 saturated heterocycles. The number of carbonyl (C=O) groups is 5. The van der Waals surface area contributed by atoms with E-state index in [2.05, 4.69) is 5.32 Å². The van der Waals surface area contributed by atoms with E-state index in [4.69, 9.17) is 28.4 Å². The number of halogens is 2. The summed E-state index contributed by atoms with van der Waals surface area (Å²) in [6.07, 6.45) is -3.62. The molecule has 0 spiro atoms. The van der Waals surface area contributed by atoms with Crippen molar-refractivity contribution in [1.29, 1.82) is 0 Å². The molecule has 0 saturated carbocycles. The number of thiophene rings is 1. The topological polar surface area (TPSA) is 176 Å². The summed E-state index contributed by atoms with van der Waals surface area (Å²) in [7, 11) is 2.63. The number of alkyl carbamates (subject to hydrolysis) is 1. The Morgan fingerprint density at radius 2 is 1.64 bits per heavy atom. The molecule has 2 aromatic carbocycles. The van der Waals surface area contributed by atoms with Crippen LogP contribution in [-0.2, 0) is 41.7 Å². The summed E-state index contributed by atoms with van der Waals surface area (Å²) in [5, 5.41) is 13.8. The van der Waals surface area contributed by atoms with Crippen LogP contribution in [0.25, 0.3) is 10.1 Å². The van der Waals surface area contributed by atoms with Gasteiger partial charge in [0.2, 0.25) is 5.91 Å². The van der Waals surface area contributed by atoms with Crippen LogP contribution < -0.4 is 19.5 Å². The third-order valence-electron chi connectivity index (χ3n) is 8.56. The molecule has 306 valence electrons. The van der Waals surface area contributed by atoms with E-state index in [9.17, 15) is 29.1 Å². The maximum absolute atomic E-state index is 16.0. The van der Waals surface area contributed by atoms with Crippen molar-refractivity contribution >= 4 is 51.1 Å². The highest BCUT2D eigenvalue weighted by Gasteiger charge is 2.32. The minimum absolute atomic E-state index is 0.0131. The molecule has 1 aromatic heterocycles. The van der Waals surface area contributed by atoms with Gasteiger partial charge in [-0.1, -0.05) is 0 Å². The van der Waals surface area contributed by atoms with E-state index >= 15 is 8.78 Å². The molecular weight excluding hydrogens is 758 g/mol. The number of nitrogens with zero attached hydrogens (tertiary/aromatic N) is 1. The van der Waals surface area contributed by atoms with Gasteiger partial charge in [-0.15, -0.1) is 11.3 Å². The number of methoxy groups -OCH3 is 2. The summed E-state index contributed by atoms with van der Waals surface area (Å²) >= 11 is 1.04. The highest BCUT2D eigenvalue weighted by Crippen LogP contribution is 2.42. The van der Waals surface area contributed by atoms with Crippen molar-refractivity contribution in [3.63, 3.8) is 0 Å². The number of hydrogen-bond acceptors (Lipinski definition) is 13. The predicted molar refractivity (Wildman–Crippen MR) is 200 cm³/mol. The normalized spacial score (nSPS) is 13.4. The smallest absolute Gasteiger partial charge is 0.407 e. The first-order chi connectivity index (χ1) is 26.5. The number of carbonyl (C=O) groups excluding carboxylic acids is 5. The maximum Gasteiger partial charge on any atom is 0.407 e. The lowest BCUT2D eigenvalue weighted by molar-refractivity contribution is -0.150. The summed E-state index contributed by atoms with van der Waals surface area (Å²) in [6.45, 7) is 8.28. The fraction of sp³-hybridized carbons (Fsp3) is 0.513. The van der Waals surface area contributed by atoms with Gasteiger partial charge in [-0.2, -0.15) is 0 Å². The predicted octanol–water partition coefficient (Wildman–Crippen LogP) is 6.30. The average molecular weight is 807 g/mol. The van der Waals surface area contributed by atoms with Crippen LogP contribution >= 0.6 is 11.3 Å². The first-order valence-electron chi connectivity index (χ1n) is 18.1. The van der Waals surface area contributed by atoms with E-state index in [0.29, 0.717) is 10.3 Å². The second-order valence-corrected chi connectivity index (χ2v) is 15.1. The van der Waals surface area contributed by atoms with Crippen LogP contribution in [0, 0.1) is 11.6 Å². The lowest BCUT2D eigenvalue weighted by Gasteiger charge is -2.21. The molecule has 3 aromatic rings. The lowest BCUT2D eigenvalue weighted by atomic mass is 9.98. The largest absolute Gasteiger partial charge is 0.496 e. The first kappa shape index (κ1) is 43.7. The molecule has 2 N–H and O–H groups in total. The Morgan fingerprint density at radius 3 is 2.30 bits per heavy atom. The first-order valence-corrected chi connectivity index (χ1v) is 18.9. The fourth-order valence-electron chi connectivity index (χ4n) is 5.90. The second-order valence-electron chi connectivity index (χ2n) is 14.0. The fourth-order valence-corrected chi connectivity index (χ4v) is 6.95. The number of esters is 2. The summed E-state index contributed by atoms with van der Waals surface area (Å²) in [6, 6.07) is 4.44. The van der Waals surface area contributed by atoms with Crippen molar-refractivity contribution in [1.82, 2.24) is 10.2 Å². The van der Waals surface area contributed by atoms with Gasteiger partial charge in [-0.25, -0.2) is 13.6 Å². The Balaban J connectivity index is 1.35. The Morgan fingerprint density at radius 1 is 0.946 bits per heavy atom. The van der Waals surface area contributed by atoms with Gasteiger partial charge in [-0.3, -0.25) is 19.2 Å². The Bertz CT molecular complexity index is 1940. The molecule has 0 fully saturated rings. The highest BCUT2D eigenvalue weighted by molar-refractivity contribution is 7.20. The summed E-state index contributed by atoms with van der Waals surface area (Å²) in [5.74, 6) is -3.66. The molecule has 0 bridgehead atoms. The number of nitrogens with one attached hydrogen (secondary N) is 1. The van der Waals surface area contributed by atoms with Gasteiger partial charge in [0, 0.05) is 54.1 Å².